The summed E-state index contributed by atoms with van der Waals surface area (Å²) in [6, 6.07) is 3.93. The van der Waals surface area contributed by atoms with E-state index in [0.717, 1.165) is 6.07 Å². The molecule has 0 atom stereocenters. The van der Waals surface area contributed by atoms with Gasteiger partial charge in [-0.15, -0.1) is 0 Å². The van der Waals surface area contributed by atoms with Gasteiger partial charge in [0.2, 0.25) is 0 Å². The molecule has 0 aliphatic rings. The fraction of sp³-hybridized carbons (Fsp3) is 0.417. The van der Waals surface area contributed by atoms with Crippen LogP contribution in [0.25, 0.3) is 0 Å². The van der Waals surface area contributed by atoms with Crippen molar-refractivity contribution in [1.29, 1.82) is 0 Å². The third-order valence-electron chi connectivity index (χ3n) is 2.56. The number of carboxylic acid groups (broad SMARTS) is 1. The second-order valence-corrected chi connectivity index (χ2v) is 5.55. The van der Waals surface area contributed by atoms with Crippen molar-refractivity contribution >= 4 is 16.0 Å². The molecule has 7 nitrogen and oxygen atoms in total. The molecule has 0 aliphatic carbocycles. The first-order valence-electron chi connectivity index (χ1n) is 5.91. The smallest absolute Gasteiger partial charge is 0.336 e. The molecule has 0 spiro atoms. The normalized spacial score (nSPS) is 11.5. The number of methoxy groups -OCH3 is 1. The van der Waals surface area contributed by atoms with Crippen LogP contribution in [0.3, 0.4) is 0 Å². The minimum atomic E-state index is -3.91. The van der Waals surface area contributed by atoms with Crippen LogP contribution in [0.4, 0.5) is 0 Å². The minimum absolute atomic E-state index is 0.0349. The van der Waals surface area contributed by atoms with Crippen LogP contribution < -0.4 is 4.89 Å². The van der Waals surface area contributed by atoms with Crippen LogP contribution >= 0.6 is 0 Å². The van der Waals surface area contributed by atoms with Crippen molar-refractivity contribution in [1.82, 2.24) is 4.89 Å². The van der Waals surface area contributed by atoms with E-state index in [4.69, 9.17) is 14.7 Å². The summed E-state index contributed by atoms with van der Waals surface area (Å²) < 4.78 is 28.5. The molecule has 1 aromatic carbocycles. The van der Waals surface area contributed by atoms with Gasteiger partial charge in [0.05, 0.1) is 23.7 Å². The molecule has 0 fully saturated rings. The fourth-order valence-electron chi connectivity index (χ4n) is 1.52. The fourth-order valence-corrected chi connectivity index (χ4v) is 2.38. The zero-order chi connectivity index (χ0) is 15.2. The maximum atomic E-state index is 11.9. The van der Waals surface area contributed by atoms with E-state index in [1.54, 1.807) is 6.92 Å². The summed E-state index contributed by atoms with van der Waals surface area (Å²) in [6.07, 6.45) is 0.500. The van der Waals surface area contributed by atoms with Crippen LogP contribution in [-0.4, -0.2) is 39.8 Å². The summed E-state index contributed by atoms with van der Waals surface area (Å²) in [4.78, 5) is 17.6. The molecular weight excluding hydrogens is 286 g/mol. The van der Waals surface area contributed by atoms with E-state index < -0.39 is 16.0 Å². The van der Waals surface area contributed by atoms with Gasteiger partial charge < -0.3 is 9.84 Å². The number of nitrogens with one attached hydrogen (secondary N) is 1. The highest BCUT2D eigenvalue weighted by atomic mass is 32.2. The molecule has 0 aromatic heterocycles. The van der Waals surface area contributed by atoms with Crippen molar-refractivity contribution in [3.63, 3.8) is 0 Å². The van der Waals surface area contributed by atoms with E-state index in [2.05, 4.69) is 0 Å². The predicted octanol–water partition coefficient (Wildman–Crippen LogP) is 0.803. The number of ether oxygens (including phenoxy) is 1. The average Bonchev–Trinajstić information content (AvgIpc) is 2.42. The van der Waals surface area contributed by atoms with Crippen LogP contribution in [-0.2, 0) is 26.0 Å². The average molecular weight is 303 g/mol. The molecule has 20 heavy (non-hydrogen) atoms. The lowest BCUT2D eigenvalue weighted by Crippen LogP contribution is -2.26. The minimum Gasteiger partial charge on any atom is -0.478 e. The molecule has 0 amide bonds. The molecule has 0 saturated carbocycles. The Hall–Kier alpha value is -1.48. The molecule has 8 heteroatoms. The number of aromatic carboxylic acids is 1. The van der Waals surface area contributed by atoms with Gasteiger partial charge in [-0.25, -0.2) is 13.2 Å². The molecule has 0 unspecified atom stereocenters. The van der Waals surface area contributed by atoms with Crippen LogP contribution in [0.15, 0.2) is 23.1 Å². The maximum absolute atomic E-state index is 11.9. The van der Waals surface area contributed by atoms with Gasteiger partial charge in [-0.1, -0.05) is 17.9 Å². The monoisotopic (exact) mass is 303 g/mol. The van der Waals surface area contributed by atoms with Crippen molar-refractivity contribution in [2.75, 3.05) is 20.3 Å². The topological polar surface area (TPSA) is 102 Å². The van der Waals surface area contributed by atoms with Crippen molar-refractivity contribution in [3.05, 3.63) is 29.3 Å². The van der Waals surface area contributed by atoms with Gasteiger partial charge in [0.15, 0.2) is 0 Å². The summed E-state index contributed by atoms with van der Waals surface area (Å²) in [5.41, 5.74) is 0.531. The summed E-state index contributed by atoms with van der Waals surface area (Å²) in [7, 11) is -2.45. The Morgan fingerprint density at radius 2 is 2.05 bits per heavy atom. The van der Waals surface area contributed by atoms with Gasteiger partial charge in [0, 0.05) is 7.11 Å². The Kier molecular flexibility index (Phi) is 6.08. The van der Waals surface area contributed by atoms with Crippen LogP contribution in [0.5, 0.6) is 0 Å². The third-order valence-corrected chi connectivity index (χ3v) is 3.77. The number of hydrogen-bond donors (Lipinski definition) is 2. The van der Waals surface area contributed by atoms with Gasteiger partial charge in [-0.3, -0.25) is 4.84 Å². The van der Waals surface area contributed by atoms with Crippen molar-refractivity contribution in [2.24, 2.45) is 0 Å². The molecule has 0 heterocycles. The molecule has 1 aromatic rings. The van der Waals surface area contributed by atoms with E-state index >= 15 is 0 Å². The predicted molar refractivity (Wildman–Crippen MR) is 70.9 cm³/mol. The SMILES string of the molecule is CCc1ccc(S(=O)(=O)NOCCOC)cc1C(=O)O. The van der Waals surface area contributed by atoms with E-state index in [9.17, 15) is 13.2 Å². The molecule has 112 valence electrons. The zero-order valence-corrected chi connectivity index (χ0v) is 12.1. The largest absolute Gasteiger partial charge is 0.478 e. The number of carbonyl (C=O) groups is 1. The number of aryl methyl sites for hydroxylation is 1. The van der Waals surface area contributed by atoms with Crippen LogP contribution in [0.2, 0.25) is 0 Å². The summed E-state index contributed by atoms with van der Waals surface area (Å²) in [6.45, 7) is 2.08. The first-order valence-corrected chi connectivity index (χ1v) is 7.39. The second kappa shape index (κ2) is 7.34. The van der Waals surface area contributed by atoms with E-state index in [0.29, 0.717) is 12.0 Å². The molecule has 2 N–H and O–H groups in total. The quantitative estimate of drug-likeness (QED) is 0.544. The van der Waals surface area contributed by atoms with E-state index in [-0.39, 0.29) is 23.7 Å². The first-order chi connectivity index (χ1) is 9.42. The highest BCUT2D eigenvalue weighted by Crippen LogP contribution is 2.17. The van der Waals surface area contributed by atoms with Gasteiger partial charge in [-0.05, 0) is 24.1 Å². The molecule has 1 rings (SSSR count). The number of sulfonamides is 1. The lowest BCUT2D eigenvalue weighted by Gasteiger charge is -2.09. The lowest BCUT2D eigenvalue weighted by molar-refractivity contribution is 0.0438. The molecular formula is C12H17NO6S. The van der Waals surface area contributed by atoms with Gasteiger partial charge >= 0.3 is 5.97 Å². The van der Waals surface area contributed by atoms with Gasteiger partial charge in [-0.2, -0.15) is 0 Å². The van der Waals surface area contributed by atoms with Crippen LogP contribution in [0, 0.1) is 0 Å². The highest BCUT2D eigenvalue weighted by molar-refractivity contribution is 7.89. The summed E-state index contributed by atoms with van der Waals surface area (Å²) >= 11 is 0. The Morgan fingerprint density at radius 3 is 2.60 bits per heavy atom. The van der Waals surface area contributed by atoms with Gasteiger partial charge in [0.25, 0.3) is 10.0 Å². The van der Waals surface area contributed by atoms with E-state index in [1.807, 2.05) is 4.89 Å². The Balaban J connectivity index is 2.95. The van der Waals surface area contributed by atoms with Crippen molar-refractivity contribution in [2.45, 2.75) is 18.2 Å². The number of rotatable bonds is 8. The van der Waals surface area contributed by atoms with Crippen molar-refractivity contribution in [3.8, 4) is 0 Å². The third kappa shape index (κ3) is 4.27. The number of hydrogen-bond acceptors (Lipinski definition) is 5. The Bertz CT molecular complexity index is 569. The Morgan fingerprint density at radius 1 is 1.35 bits per heavy atom. The Labute approximate surface area is 117 Å². The summed E-state index contributed by atoms with van der Waals surface area (Å²) in [5, 5.41) is 9.07. The number of benzene rings is 1. The summed E-state index contributed by atoms with van der Waals surface area (Å²) in [5.74, 6) is -1.17. The van der Waals surface area contributed by atoms with Crippen molar-refractivity contribution < 1.29 is 27.9 Å². The number of carboxylic acids is 1. The van der Waals surface area contributed by atoms with Crippen LogP contribution in [0.1, 0.15) is 22.8 Å². The second-order valence-electron chi connectivity index (χ2n) is 3.91. The standard InChI is InChI=1S/C12H17NO6S/c1-3-9-4-5-10(8-11(9)12(14)15)20(16,17)13-19-7-6-18-2/h4-5,8,13H,3,6-7H2,1-2H3,(H,14,15). The highest BCUT2D eigenvalue weighted by Gasteiger charge is 2.18. The molecule has 0 bridgehead atoms. The first kappa shape index (κ1) is 16.6. The molecule has 0 radical (unpaired) electrons. The maximum Gasteiger partial charge on any atom is 0.336 e. The van der Waals surface area contributed by atoms with E-state index in [1.165, 1.54) is 19.2 Å². The molecule has 0 aliphatic heterocycles. The van der Waals surface area contributed by atoms with Gasteiger partial charge in [0.1, 0.15) is 0 Å². The molecule has 0 saturated heterocycles. The lowest BCUT2D eigenvalue weighted by atomic mass is 10.1. The zero-order valence-electron chi connectivity index (χ0n) is 11.3.